The van der Waals surface area contributed by atoms with Crippen LogP contribution in [0.3, 0.4) is 0 Å². The maximum atomic E-state index is 12.2. The molecule has 2 aliphatic rings. The average Bonchev–Trinajstić information content (AvgIpc) is 2.98. The zero-order chi connectivity index (χ0) is 16.2. The summed E-state index contributed by atoms with van der Waals surface area (Å²) in [5.74, 6) is 0.810. The Morgan fingerprint density at radius 2 is 1.87 bits per heavy atom. The lowest BCUT2D eigenvalue weighted by Crippen LogP contribution is -2.34. The minimum Gasteiger partial charge on any atom is -0.488 e. The molecule has 1 aromatic carbocycles. The minimum atomic E-state index is -0.380. The molecule has 3 rings (SSSR count). The summed E-state index contributed by atoms with van der Waals surface area (Å²) in [4.78, 5) is 12.2. The van der Waals surface area contributed by atoms with E-state index in [0.29, 0.717) is 0 Å². The first-order valence-corrected chi connectivity index (χ1v) is 8.63. The van der Waals surface area contributed by atoms with Crippen molar-refractivity contribution in [2.24, 2.45) is 11.7 Å². The Labute approximate surface area is 137 Å². The number of aliphatic hydroxyl groups excluding tert-OH is 1. The molecule has 2 fully saturated rings. The van der Waals surface area contributed by atoms with Crippen LogP contribution in [0.25, 0.3) is 0 Å². The lowest BCUT2D eigenvalue weighted by molar-refractivity contribution is -0.119. The van der Waals surface area contributed by atoms with E-state index < -0.39 is 0 Å². The molecule has 0 aromatic heterocycles. The highest BCUT2D eigenvalue weighted by Crippen LogP contribution is 2.27. The van der Waals surface area contributed by atoms with E-state index in [1.54, 1.807) is 0 Å². The van der Waals surface area contributed by atoms with Gasteiger partial charge in [0.15, 0.2) is 0 Å². The van der Waals surface area contributed by atoms with Crippen molar-refractivity contribution in [1.29, 1.82) is 0 Å². The summed E-state index contributed by atoms with van der Waals surface area (Å²) in [6.45, 7) is 0. The molecule has 5 nitrogen and oxygen atoms in total. The molecule has 0 saturated heterocycles. The van der Waals surface area contributed by atoms with Gasteiger partial charge in [0.1, 0.15) is 11.9 Å². The second-order valence-electron chi connectivity index (χ2n) is 6.79. The Balaban J connectivity index is 1.53. The van der Waals surface area contributed by atoms with Crippen LogP contribution in [0, 0.1) is 5.92 Å². The van der Waals surface area contributed by atoms with Crippen molar-refractivity contribution in [2.75, 3.05) is 5.32 Å². The summed E-state index contributed by atoms with van der Waals surface area (Å²) in [5.41, 5.74) is 6.63. The molecule has 0 bridgehead atoms. The Morgan fingerprint density at radius 1 is 1.13 bits per heavy atom. The fourth-order valence-corrected chi connectivity index (χ4v) is 3.51. The standard InChI is InChI=1S/C18H26N2O3/c19-13-6-5-12(11-13)18(22)20-14-7-9-15(10-8-14)23-17-4-2-1-3-16(17)21/h7-10,12-13,16-17,21H,1-6,11,19H2,(H,20,22). The van der Waals surface area contributed by atoms with Crippen LogP contribution in [0.5, 0.6) is 5.75 Å². The normalized spacial score (nSPS) is 30.9. The molecule has 23 heavy (non-hydrogen) atoms. The van der Waals surface area contributed by atoms with E-state index in [1.165, 1.54) is 0 Å². The van der Waals surface area contributed by atoms with Gasteiger partial charge in [0.05, 0.1) is 6.10 Å². The van der Waals surface area contributed by atoms with Crippen LogP contribution < -0.4 is 15.8 Å². The molecule has 1 amide bonds. The molecule has 4 atom stereocenters. The molecule has 0 radical (unpaired) electrons. The second-order valence-corrected chi connectivity index (χ2v) is 6.79. The number of ether oxygens (including phenoxy) is 1. The third-order valence-electron chi connectivity index (χ3n) is 4.92. The number of rotatable bonds is 4. The Kier molecular flexibility index (Phi) is 5.18. The van der Waals surface area contributed by atoms with E-state index in [9.17, 15) is 9.90 Å². The SMILES string of the molecule is NC1CCC(C(=O)Nc2ccc(OC3CCCCC3O)cc2)C1. The van der Waals surface area contributed by atoms with Gasteiger partial charge in [-0.1, -0.05) is 6.42 Å². The maximum Gasteiger partial charge on any atom is 0.227 e. The van der Waals surface area contributed by atoms with E-state index >= 15 is 0 Å². The van der Waals surface area contributed by atoms with Gasteiger partial charge in [-0.15, -0.1) is 0 Å². The molecule has 4 unspecified atom stereocenters. The van der Waals surface area contributed by atoms with Crippen molar-refractivity contribution in [3.05, 3.63) is 24.3 Å². The maximum absolute atomic E-state index is 12.2. The van der Waals surface area contributed by atoms with E-state index in [2.05, 4.69) is 5.32 Å². The molecule has 4 N–H and O–H groups in total. The molecular formula is C18H26N2O3. The number of nitrogens with two attached hydrogens (primary N) is 1. The topological polar surface area (TPSA) is 84.6 Å². The van der Waals surface area contributed by atoms with Crippen molar-refractivity contribution in [1.82, 2.24) is 0 Å². The predicted octanol–water partition coefficient (Wildman–Crippen LogP) is 2.43. The van der Waals surface area contributed by atoms with Crippen molar-refractivity contribution in [3.8, 4) is 5.75 Å². The van der Waals surface area contributed by atoms with Gasteiger partial charge < -0.3 is 20.9 Å². The van der Waals surface area contributed by atoms with Crippen molar-refractivity contribution < 1.29 is 14.6 Å². The van der Waals surface area contributed by atoms with Crippen LogP contribution in [0.1, 0.15) is 44.9 Å². The highest BCUT2D eigenvalue weighted by Gasteiger charge is 2.28. The fourth-order valence-electron chi connectivity index (χ4n) is 3.51. The van der Waals surface area contributed by atoms with E-state index in [0.717, 1.165) is 56.4 Å². The molecule has 126 valence electrons. The fraction of sp³-hybridized carbons (Fsp3) is 0.611. The van der Waals surface area contributed by atoms with Crippen LogP contribution in [0.4, 0.5) is 5.69 Å². The van der Waals surface area contributed by atoms with Crippen LogP contribution in [-0.2, 0) is 4.79 Å². The first kappa shape index (κ1) is 16.3. The number of amides is 1. The molecule has 0 spiro atoms. The number of carbonyl (C=O) groups excluding carboxylic acids is 1. The monoisotopic (exact) mass is 318 g/mol. The number of anilines is 1. The molecular weight excluding hydrogens is 292 g/mol. The van der Waals surface area contributed by atoms with Gasteiger partial charge in [-0.05, 0) is 62.8 Å². The first-order valence-electron chi connectivity index (χ1n) is 8.63. The molecule has 5 heteroatoms. The lowest BCUT2D eigenvalue weighted by atomic mass is 9.95. The number of benzene rings is 1. The smallest absolute Gasteiger partial charge is 0.227 e. The van der Waals surface area contributed by atoms with E-state index in [1.807, 2.05) is 24.3 Å². The number of aliphatic hydroxyl groups is 1. The summed E-state index contributed by atoms with van der Waals surface area (Å²) in [7, 11) is 0. The minimum absolute atomic E-state index is 0.0262. The van der Waals surface area contributed by atoms with E-state index in [4.69, 9.17) is 10.5 Å². The van der Waals surface area contributed by atoms with Crippen molar-refractivity contribution in [3.63, 3.8) is 0 Å². The molecule has 0 heterocycles. The van der Waals surface area contributed by atoms with Gasteiger partial charge in [-0.3, -0.25) is 4.79 Å². The van der Waals surface area contributed by atoms with Crippen molar-refractivity contribution >= 4 is 11.6 Å². The Bertz CT molecular complexity index is 532. The Morgan fingerprint density at radius 3 is 2.52 bits per heavy atom. The van der Waals surface area contributed by atoms with Gasteiger partial charge >= 0.3 is 0 Å². The third-order valence-corrected chi connectivity index (χ3v) is 4.92. The zero-order valence-electron chi connectivity index (χ0n) is 13.4. The molecule has 2 aliphatic carbocycles. The number of hydrogen-bond acceptors (Lipinski definition) is 4. The summed E-state index contributed by atoms with van der Waals surface area (Å²) >= 11 is 0. The molecule has 0 aliphatic heterocycles. The summed E-state index contributed by atoms with van der Waals surface area (Å²) in [6, 6.07) is 7.53. The highest BCUT2D eigenvalue weighted by atomic mass is 16.5. The van der Waals surface area contributed by atoms with Gasteiger partial charge in [-0.25, -0.2) is 0 Å². The lowest BCUT2D eigenvalue weighted by Gasteiger charge is -2.28. The van der Waals surface area contributed by atoms with E-state index in [-0.39, 0.29) is 30.1 Å². The summed E-state index contributed by atoms with van der Waals surface area (Å²) in [6.07, 6.45) is 5.92. The molecule has 1 aromatic rings. The van der Waals surface area contributed by atoms with Crippen LogP contribution >= 0.6 is 0 Å². The first-order chi connectivity index (χ1) is 11.1. The number of hydrogen-bond donors (Lipinski definition) is 3. The predicted molar refractivity (Wildman–Crippen MR) is 89.3 cm³/mol. The largest absolute Gasteiger partial charge is 0.488 e. The van der Waals surface area contributed by atoms with Gasteiger partial charge in [-0.2, -0.15) is 0 Å². The highest BCUT2D eigenvalue weighted by molar-refractivity contribution is 5.92. The van der Waals surface area contributed by atoms with Gasteiger partial charge in [0.2, 0.25) is 5.91 Å². The average molecular weight is 318 g/mol. The van der Waals surface area contributed by atoms with Crippen molar-refractivity contribution in [2.45, 2.75) is 63.2 Å². The quantitative estimate of drug-likeness (QED) is 0.796. The Hall–Kier alpha value is -1.59. The van der Waals surface area contributed by atoms with Crippen LogP contribution in [0.2, 0.25) is 0 Å². The number of nitrogens with one attached hydrogen (secondary N) is 1. The molecule has 2 saturated carbocycles. The summed E-state index contributed by atoms with van der Waals surface area (Å²) in [5, 5.41) is 12.9. The third kappa shape index (κ3) is 4.24. The van der Waals surface area contributed by atoms with Gasteiger partial charge in [0.25, 0.3) is 0 Å². The summed E-state index contributed by atoms with van der Waals surface area (Å²) < 4.78 is 5.86. The van der Waals surface area contributed by atoms with Crippen LogP contribution in [0.15, 0.2) is 24.3 Å². The van der Waals surface area contributed by atoms with Crippen LogP contribution in [-0.4, -0.2) is 29.3 Å². The zero-order valence-corrected chi connectivity index (χ0v) is 13.4. The van der Waals surface area contributed by atoms with Gasteiger partial charge in [0, 0.05) is 17.6 Å². The number of carbonyl (C=O) groups is 1. The second kappa shape index (κ2) is 7.32.